The molecule has 4 rings (SSSR count). The topological polar surface area (TPSA) is 78.1 Å². The largest absolute Gasteiger partial charge is 0.345 e. The number of urea groups is 1. The molecule has 2 aliphatic rings. The minimum Gasteiger partial charge on any atom is -0.314 e. The fraction of sp³-hybridized carbons (Fsp3) is 0.312. The van der Waals surface area contributed by atoms with Gasteiger partial charge in [0.15, 0.2) is 0 Å². The van der Waals surface area contributed by atoms with Gasteiger partial charge in [-0.25, -0.2) is 19.0 Å². The molecule has 2 amide bonds. The number of nitrogens with one attached hydrogen (secondary N) is 2. The molecule has 1 aromatic heterocycles. The van der Waals surface area contributed by atoms with E-state index >= 15 is 0 Å². The summed E-state index contributed by atoms with van der Waals surface area (Å²) in [5.41, 5.74) is 1.32. The SMILES string of the molecule is O=C(Nc1cc(Cl)c(Br)cc1F)N1C2CCC1c1cnc(=O)[nH]c1C2. The number of hydrogen-bond acceptors (Lipinski definition) is 3. The van der Waals surface area contributed by atoms with Crippen molar-refractivity contribution in [3.8, 4) is 0 Å². The number of amides is 2. The molecule has 1 fully saturated rings. The molecular weight excluding hydrogens is 415 g/mol. The molecule has 0 spiro atoms. The van der Waals surface area contributed by atoms with Crippen LogP contribution < -0.4 is 11.0 Å². The predicted octanol–water partition coefficient (Wildman–Crippen LogP) is 3.62. The Hall–Kier alpha value is -1.93. The van der Waals surface area contributed by atoms with Crippen molar-refractivity contribution in [2.75, 3.05) is 5.32 Å². The third-order valence-electron chi connectivity index (χ3n) is 4.71. The number of benzene rings is 1. The fourth-order valence-electron chi connectivity index (χ4n) is 3.63. The number of fused-ring (bicyclic) bond motifs is 4. The minimum absolute atomic E-state index is 0.0305. The van der Waals surface area contributed by atoms with Gasteiger partial charge >= 0.3 is 11.7 Å². The molecule has 2 unspecified atom stereocenters. The molecule has 3 heterocycles. The lowest BCUT2D eigenvalue weighted by Crippen LogP contribution is -2.45. The van der Waals surface area contributed by atoms with Crippen molar-refractivity contribution in [3.63, 3.8) is 0 Å². The van der Waals surface area contributed by atoms with Gasteiger partial charge in [0.2, 0.25) is 0 Å². The monoisotopic (exact) mass is 426 g/mol. The fourth-order valence-corrected chi connectivity index (χ4v) is 4.10. The van der Waals surface area contributed by atoms with Crippen molar-refractivity contribution < 1.29 is 9.18 Å². The third kappa shape index (κ3) is 2.83. The number of rotatable bonds is 1. The van der Waals surface area contributed by atoms with Crippen molar-refractivity contribution in [1.29, 1.82) is 0 Å². The zero-order valence-electron chi connectivity index (χ0n) is 12.9. The molecule has 25 heavy (non-hydrogen) atoms. The molecule has 6 nitrogen and oxygen atoms in total. The number of hydrogen-bond donors (Lipinski definition) is 2. The van der Waals surface area contributed by atoms with E-state index < -0.39 is 5.82 Å². The highest BCUT2D eigenvalue weighted by atomic mass is 79.9. The van der Waals surface area contributed by atoms with E-state index in [1.807, 2.05) is 0 Å². The van der Waals surface area contributed by atoms with E-state index in [2.05, 4.69) is 31.2 Å². The second-order valence-electron chi connectivity index (χ2n) is 6.16. The van der Waals surface area contributed by atoms with Crippen LogP contribution in [0.1, 0.15) is 30.1 Å². The molecule has 2 bridgehead atoms. The van der Waals surface area contributed by atoms with Crippen LogP contribution in [0.5, 0.6) is 0 Å². The van der Waals surface area contributed by atoms with Gasteiger partial charge in [-0.15, -0.1) is 0 Å². The molecule has 0 saturated carbocycles. The average molecular weight is 428 g/mol. The Morgan fingerprint density at radius 1 is 1.44 bits per heavy atom. The number of anilines is 1. The maximum atomic E-state index is 14.1. The second kappa shape index (κ2) is 6.10. The second-order valence-corrected chi connectivity index (χ2v) is 7.42. The highest BCUT2D eigenvalue weighted by Gasteiger charge is 2.43. The van der Waals surface area contributed by atoms with Gasteiger partial charge in [-0.2, -0.15) is 0 Å². The highest BCUT2D eigenvalue weighted by molar-refractivity contribution is 9.10. The van der Waals surface area contributed by atoms with E-state index in [1.54, 1.807) is 4.90 Å². The molecular formula is C16H13BrClFN4O2. The van der Waals surface area contributed by atoms with Crippen LogP contribution in [-0.2, 0) is 6.42 Å². The van der Waals surface area contributed by atoms with Crippen LogP contribution in [-0.4, -0.2) is 26.9 Å². The van der Waals surface area contributed by atoms with Crippen molar-refractivity contribution in [1.82, 2.24) is 14.9 Å². The number of aromatic amines is 1. The summed E-state index contributed by atoms with van der Waals surface area (Å²) in [6.07, 6.45) is 3.68. The predicted molar refractivity (Wildman–Crippen MR) is 94.3 cm³/mol. The molecule has 130 valence electrons. The number of nitrogens with zero attached hydrogens (tertiary/aromatic N) is 2. The first kappa shape index (κ1) is 16.5. The lowest BCUT2D eigenvalue weighted by atomic mass is 10.00. The maximum Gasteiger partial charge on any atom is 0.345 e. The summed E-state index contributed by atoms with van der Waals surface area (Å²) in [6, 6.07) is 1.99. The average Bonchev–Trinajstić information content (AvgIpc) is 2.88. The van der Waals surface area contributed by atoms with Crippen molar-refractivity contribution in [2.24, 2.45) is 0 Å². The van der Waals surface area contributed by atoms with Crippen molar-refractivity contribution in [3.05, 3.63) is 55.4 Å². The summed E-state index contributed by atoms with van der Waals surface area (Å²) < 4.78 is 14.5. The summed E-state index contributed by atoms with van der Waals surface area (Å²) >= 11 is 9.13. The first-order valence-corrected chi connectivity index (χ1v) is 8.93. The lowest BCUT2D eigenvalue weighted by Gasteiger charge is -2.35. The number of halogens is 3. The van der Waals surface area contributed by atoms with Crippen molar-refractivity contribution in [2.45, 2.75) is 31.3 Å². The van der Waals surface area contributed by atoms with Gasteiger partial charge in [0, 0.05) is 34.4 Å². The van der Waals surface area contributed by atoms with Gasteiger partial charge in [-0.3, -0.25) is 0 Å². The van der Waals surface area contributed by atoms with Gasteiger partial charge < -0.3 is 15.2 Å². The van der Waals surface area contributed by atoms with Crippen LogP contribution >= 0.6 is 27.5 Å². The zero-order valence-corrected chi connectivity index (χ0v) is 15.2. The molecule has 2 aromatic rings. The molecule has 0 aliphatic carbocycles. The van der Waals surface area contributed by atoms with E-state index in [1.165, 1.54) is 18.3 Å². The van der Waals surface area contributed by atoms with E-state index in [0.717, 1.165) is 24.1 Å². The Morgan fingerprint density at radius 2 is 2.24 bits per heavy atom. The first-order valence-electron chi connectivity index (χ1n) is 7.76. The van der Waals surface area contributed by atoms with E-state index in [9.17, 15) is 14.0 Å². The highest BCUT2D eigenvalue weighted by Crippen LogP contribution is 2.42. The summed E-state index contributed by atoms with van der Waals surface area (Å²) in [6.45, 7) is 0. The molecule has 9 heteroatoms. The number of aromatic nitrogens is 2. The summed E-state index contributed by atoms with van der Waals surface area (Å²) in [5.74, 6) is -0.569. The molecule has 2 aliphatic heterocycles. The van der Waals surface area contributed by atoms with Gasteiger partial charge in [0.1, 0.15) is 5.82 Å². The Bertz CT molecular complexity index is 935. The lowest BCUT2D eigenvalue weighted by molar-refractivity contribution is 0.178. The van der Waals surface area contributed by atoms with E-state index in [0.29, 0.717) is 15.9 Å². The molecule has 1 aromatic carbocycles. The van der Waals surface area contributed by atoms with E-state index in [-0.39, 0.29) is 29.5 Å². The maximum absolute atomic E-state index is 14.1. The van der Waals surface area contributed by atoms with Crippen LogP contribution in [0.25, 0.3) is 0 Å². The van der Waals surface area contributed by atoms with Gasteiger partial charge in [-0.05, 0) is 40.9 Å². The molecule has 2 atom stereocenters. The smallest absolute Gasteiger partial charge is 0.314 e. The summed E-state index contributed by atoms with van der Waals surface area (Å²) in [4.78, 5) is 32.4. The van der Waals surface area contributed by atoms with Crippen LogP contribution in [0, 0.1) is 5.82 Å². The van der Waals surface area contributed by atoms with Crippen LogP contribution in [0.15, 0.2) is 27.6 Å². The minimum atomic E-state index is -0.569. The number of carbonyl (C=O) groups is 1. The first-order chi connectivity index (χ1) is 11.9. The number of carbonyl (C=O) groups excluding carboxylic acids is 1. The van der Waals surface area contributed by atoms with Crippen LogP contribution in [0.3, 0.4) is 0 Å². The van der Waals surface area contributed by atoms with Crippen molar-refractivity contribution >= 4 is 39.2 Å². The van der Waals surface area contributed by atoms with Gasteiger partial charge in [0.05, 0.1) is 16.8 Å². The molecule has 2 N–H and O–H groups in total. The standard InChI is InChI=1S/C16H13BrClFN4O2/c17-9-4-11(19)13(5-10(9)18)22-16(25)23-7-1-2-14(23)8-6-20-15(24)21-12(8)3-7/h4-7,14H,1-3H2,(H,22,25)(H,20,21,24). The summed E-state index contributed by atoms with van der Waals surface area (Å²) in [7, 11) is 0. The van der Waals surface area contributed by atoms with Crippen LogP contribution in [0.4, 0.5) is 14.9 Å². The third-order valence-corrected chi connectivity index (χ3v) is 5.91. The van der Waals surface area contributed by atoms with Gasteiger partial charge in [-0.1, -0.05) is 11.6 Å². The zero-order chi connectivity index (χ0) is 17.7. The normalized spacial score (nSPS) is 21.2. The Kier molecular flexibility index (Phi) is 4.04. The van der Waals surface area contributed by atoms with E-state index in [4.69, 9.17) is 11.6 Å². The molecule has 0 radical (unpaired) electrons. The summed E-state index contributed by atoms with van der Waals surface area (Å²) in [5, 5.41) is 2.92. The Morgan fingerprint density at radius 3 is 3.04 bits per heavy atom. The Labute approximate surface area is 155 Å². The van der Waals surface area contributed by atoms with Gasteiger partial charge in [0.25, 0.3) is 0 Å². The van der Waals surface area contributed by atoms with Crippen LogP contribution in [0.2, 0.25) is 5.02 Å². The Balaban J connectivity index is 1.63. The number of H-pyrrole nitrogens is 1. The quantitative estimate of drug-likeness (QED) is 0.682. The molecule has 1 saturated heterocycles.